The number of hydrogen-bond acceptors (Lipinski definition) is 3. The highest BCUT2D eigenvalue weighted by Crippen LogP contribution is 2.13. The van der Waals surface area contributed by atoms with Crippen molar-refractivity contribution in [2.45, 2.75) is 39.2 Å². The Morgan fingerprint density at radius 3 is 2.71 bits per heavy atom. The maximum atomic E-state index is 10.5. The molecule has 0 aliphatic heterocycles. The Labute approximate surface area is 103 Å². The molecular weight excluding hydrogens is 238 g/mol. The van der Waals surface area contributed by atoms with Gasteiger partial charge in [-0.3, -0.25) is 0 Å². The van der Waals surface area contributed by atoms with Crippen molar-refractivity contribution in [2.24, 2.45) is 0 Å². The normalized spacial score (nSPS) is 13.6. The van der Waals surface area contributed by atoms with E-state index in [4.69, 9.17) is 0 Å². The highest BCUT2D eigenvalue weighted by atomic mass is 32.2. The van der Waals surface area contributed by atoms with Gasteiger partial charge < -0.3 is 4.55 Å². The summed E-state index contributed by atoms with van der Waals surface area (Å²) in [5.41, 5.74) is 1.18. The number of pyridine rings is 1. The first-order chi connectivity index (χ1) is 7.94. The summed E-state index contributed by atoms with van der Waals surface area (Å²) >= 11 is 0. The van der Waals surface area contributed by atoms with Crippen LogP contribution in [0.5, 0.6) is 0 Å². The summed E-state index contributed by atoms with van der Waals surface area (Å²) in [7, 11) is -4.10. The van der Waals surface area contributed by atoms with Gasteiger partial charge in [-0.25, -0.2) is 13.0 Å². The quantitative estimate of drug-likeness (QED) is 0.572. The van der Waals surface area contributed by atoms with Crippen molar-refractivity contribution in [3.8, 4) is 0 Å². The average molecular weight is 257 g/mol. The van der Waals surface area contributed by atoms with Crippen molar-refractivity contribution in [3.05, 3.63) is 30.1 Å². The summed E-state index contributed by atoms with van der Waals surface area (Å²) in [6, 6.07) is 5.93. The Balaban J connectivity index is 2.70. The summed E-state index contributed by atoms with van der Waals surface area (Å²) in [6.45, 7) is 4.82. The van der Waals surface area contributed by atoms with Gasteiger partial charge in [0.2, 0.25) is 0 Å². The molecule has 1 unspecified atom stereocenters. The van der Waals surface area contributed by atoms with Gasteiger partial charge >= 0.3 is 0 Å². The maximum absolute atomic E-state index is 10.5. The van der Waals surface area contributed by atoms with Crippen molar-refractivity contribution in [2.75, 3.05) is 5.75 Å². The van der Waals surface area contributed by atoms with Gasteiger partial charge in [0.15, 0.2) is 11.9 Å². The van der Waals surface area contributed by atoms with Crippen LogP contribution in [-0.2, 0) is 16.7 Å². The zero-order chi connectivity index (χ0) is 12.9. The van der Waals surface area contributed by atoms with Crippen molar-refractivity contribution in [1.29, 1.82) is 0 Å². The lowest BCUT2D eigenvalue weighted by molar-refractivity contribution is -0.705. The molecule has 1 rings (SSSR count). The first kappa shape index (κ1) is 14.1. The van der Waals surface area contributed by atoms with Gasteiger partial charge in [0, 0.05) is 30.2 Å². The Hall–Kier alpha value is -0.940. The molecule has 1 heterocycles. The molecule has 0 fully saturated rings. The standard InChI is InChI=1S/C12H19NO3S/c1-3-11(2)12-7-4-5-8-13(12)9-6-10-17(14,15)16/h4-5,7-8,11H,3,6,9-10H2,1-2H3. The third-order valence-corrected chi connectivity index (χ3v) is 3.68. The van der Waals surface area contributed by atoms with E-state index >= 15 is 0 Å². The summed E-state index contributed by atoms with van der Waals surface area (Å²) in [5, 5.41) is 0. The predicted octanol–water partition coefficient (Wildman–Crippen LogP) is 1.42. The minimum atomic E-state index is -4.10. The van der Waals surface area contributed by atoms with E-state index in [1.54, 1.807) is 0 Å². The molecule has 5 heteroatoms. The smallest absolute Gasteiger partial charge is 0.184 e. The lowest BCUT2D eigenvalue weighted by Crippen LogP contribution is -2.39. The Kier molecular flexibility index (Phi) is 5.08. The molecule has 0 bridgehead atoms. The fourth-order valence-corrected chi connectivity index (χ4v) is 2.24. The topological polar surface area (TPSA) is 61.1 Å². The van der Waals surface area contributed by atoms with Crippen molar-refractivity contribution in [1.82, 2.24) is 0 Å². The number of nitrogens with zero attached hydrogens (tertiary/aromatic N) is 1. The molecule has 0 aliphatic rings. The molecule has 1 atom stereocenters. The van der Waals surface area contributed by atoms with Crippen LogP contribution in [0.2, 0.25) is 0 Å². The van der Waals surface area contributed by atoms with Crippen LogP contribution < -0.4 is 4.57 Å². The van der Waals surface area contributed by atoms with E-state index in [0.29, 0.717) is 18.9 Å². The molecule has 0 aromatic carbocycles. The van der Waals surface area contributed by atoms with Crippen molar-refractivity contribution >= 4 is 10.1 Å². The summed E-state index contributed by atoms with van der Waals surface area (Å²) in [5.74, 6) is 0.134. The zero-order valence-corrected chi connectivity index (χ0v) is 11.1. The van der Waals surface area contributed by atoms with Crippen LogP contribution in [0.3, 0.4) is 0 Å². The molecule has 0 radical (unpaired) electrons. The van der Waals surface area contributed by atoms with Crippen molar-refractivity contribution < 1.29 is 17.5 Å². The summed E-state index contributed by atoms with van der Waals surface area (Å²) < 4.78 is 33.6. The van der Waals surface area contributed by atoms with Crippen LogP contribution in [0.1, 0.15) is 38.3 Å². The van der Waals surface area contributed by atoms with Crippen LogP contribution in [0.4, 0.5) is 0 Å². The minimum absolute atomic E-state index is 0.297. The second-order valence-corrected chi connectivity index (χ2v) is 5.77. The maximum Gasteiger partial charge on any atom is 0.184 e. The van der Waals surface area contributed by atoms with E-state index in [9.17, 15) is 13.0 Å². The van der Waals surface area contributed by atoms with Gasteiger partial charge in [0.05, 0.1) is 10.1 Å². The lowest BCUT2D eigenvalue weighted by atomic mass is 10.0. The SMILES string of the molecule is CCC(C)c1cccc[n+]1CCCS(=O)(=O)[O-]. The van der Waals surface area contributed by atoms with Crippen LogP contribution in [0.15, 0.2) is 24.4 Å². The monoisotopic (exact) mass is 257 g/mol. The average Bonchev–Trinajstić information content (AvgIpc) is 2.27. The highest BCUT2D eigenvalue weighted by Gasteiger charge is 2.15. The summed E-state index contributed by atoms with van der Waals surface area (Å²) in [4.78, 5) is 0. The molecule has 1 aromatic rings. The highest BCUT2D eigenvalue weighted by molar-refractivity contribution is 7.85. The predicted molar refractivity (Wildman–Crippen MR) is 64.5 cm³/mol. The number of hydrogen-bond donors (Lipinski definition) is 0. The van der Waals surface area contributed by atoms with Crippen LogP contribution >= 0.6 is 0 Å². The fourth-order valence-electron chi connectivity index (χ4n) is 1.76. The molecular formula is C12H19NO3S. The minimum Gasteiger partial charge on any atom is -0.748 e. The first-order valence-corrected chi connectivity index (χ1v) is 7.43. The fraction of sp³-hybridized carbons (Fsp3) is 0.583. The molecule has 96 valence electrons. The Morgan fingerprint density at radius 2 is 2.12 bits per heavy atom. The summed E-state index contributed by atoms with van der Waals surface area (Å²) in [6.07, 6.45) is 3.33. The lowest BCUT2D eigenvalue weighted by Gasteiger charge is -2.09. The van der Waals surface area contributed by atoms with Gasteiger partial charge in [-0.05, 0) is 6.42 Å². The molecule has 1 aromatic heterocycles. The molecule has 0 amide bonds. The molecule has 0 saturated carbocycles. The number of aryl methyl sites for hydroxylation is 1. The second-order valence-electron chi connectivity index (χ2n) is 4.24. The van der Waals surface area contributed by atoms with Gasteiger partial charge in [-0.1, -0.05) is 19.9 Å². The third-order valence-electron chi connectivity index (χ3n) is 2.89. The number of rotatable bonds is 6. The van der Waals surface area contributed by atoms with E-state index in [0.717, 1.165) is 6.42 Å². The first-order valence-electron chi connectivity index (χ1n) is 5.86. The van der Waals surface area contributed by atoms with E-state index in [2.05, 4.69) is 13.8 Å². The van der Waals surface area contributed by atoms with Crippen LogP contribution in [0.25, 0.3) is 0 Å². The van der Waals surface area contributed by atoms with Gasteiger partial charge in [-0.2, -0.15) is 0 Å². The van der Waals surface area contributed by atoms with Gasteiger partial charge in [0.25, 0.3) is 0 Å². The van der Waals surface area contributed by atoms with Gasteiger partial charge in [0.1, 0.15) is 6.54 Å². The number of aromatic nitrogens is 1. The largest absolute Gasteiger partial charge is 0.748 e. The Bertz CT molecular complexity index is 457. The second kappa shape index (κ2) is 6.12. The van der Waals surface area contributed by atoms with E-state index in [-0.39, 0.29) is 5.75 Å². The third kappa shape index (κ3) is 4.83. The van der Waals surface area contributed by atoms with E-state index in [1.165, 1.54) is 5.69 Å². The van der Waals surface area contributed by atoms with Crippen LogP contribution in [0, 0.1) is 0 Å². The molecule has 0 N–H and O–H groups in total. The molecule has 0 spiro atoms. The molecule has 0 aliphatic carbocycles. The van der Waals surface area contributed by atoms with Gasteiger partial charge in [-0.15, -0.1) is 0 Å². The van der Waals surface area contributed by atoms with E-state index in [1.807, 2.05) is 29.0 Å². The molecule has 17 heavy (non-hydrogen) atoms. The van der Waals surface area contributed by atoms with Crippen molar-refractivity contribution in [3.63, 3.8) is 0 Å². The molecule has 0 saturated heterocycles. The Morgan fingerprint density at radius 1 is 1.41 bits per heavy atom. The zero-order valence-electron chi connectivity index (χ0n) is 10.3. The molecule has 4 nitrogen and oxygen atoms in total. The van der Waals surface area contributed by atoms with Crippen LogP contribution in [-0.4, -0.2) is 18.7 Å². The van der Waals surface area contributed by atoms with E-state index < -0.39 is 10.1 Å².